The zero-order chi connectivity index (χ0) is 14.0. The first-order valence-electron chi connectivity index (χ1n) is 7.10. The lowest BCUT2D eigenvalue weighted by Gasteiger charge is -2.19. The van der Waals surface area contributed by atoms with Crippen molar-refractivity contribution in [3.05, 3.63) is 28.3 Å². The van der Waals surface area contributed by atoms with Crippen LogP contribution >= 0.6 is 11.6 Å². The van der Waals surface area contributed by atoms with E-state index in [-0.39, 0.29) is 0 Å². The number of hydrogen-bond donors (Lipinski definition) is 0. The number of epoxide rings is 1. The zero-order valence-electron chi connectivity index (χ0n) is 12.2. The van der Waals surface area contributed by atoms with Crippen LogP contribution in [0.3, 0.4) is 0 Å². The minimum Gasteiger partial charge on any atom is -0.496 e. The molecular formula is C16H23ClO2. The average molecular weight is 283 g/mol. The van der Waals surface area contributed by atoms with Crippen molar-refractivity contribution in [1.82, 2.24) is 0 Å². The fourth-order valence-electron chi connectivity index (χ4n) is 2.71. The first-order chi connectivity index (χ1) is 9.10. The lowest BCUT2D eigenvalue weighted by Crippen LogP contribution is -2.06. The second-order valence-electron chi connectivity index (χ2n) is 5.31. The Morgan fingerprint density at radius 2 is 2.05 bits per heavy atom. The summed E-state index contributed by atoms with van der Waals surface area (Å²) in [6, 6.07) is 4.10. The molecule has 1 aliphatic heterocycles. The van der Waals surface area contributed by atoms with Crippen LogP contribution in [0.5, 0.6) is 5.75 Å². The van der Waals surface area contributed by atoms with Crippen molar-refractivity contribution in [2.24, 2.45) is 0 Å². The predicted octanol–water partition coefficient (Wildman–Crippen LogP) is 4.72. The normalized spacial score (nSPS) is 23.2. The molecule has 1 aliphatic rings. The summed E-state index contributed by atoms with van der Waals surface area (Å²) in [5.74, 6) is 1.40. The fourth-order valence-corrected chi connectivity index (χ4v) is 2.88. The molecule has 2 nitrogen and oxygen atoms in total. The van der Waals surface area contributed by atoms with Crippen LogP contribution in [0.4, 0.5) is 0 Å². The highest BCUT2D eigenvalue weighted by Gasteiger charge is 2.38. The highest BCUT2D eigenvalue weighted by Crippen LogP contribution is 2.40. The summed E-state index contributed by atoms with van der Waals surface area (Å²) in [7, 11) is 1.72. The quantitative estimate of drug-likeness (QED) is 0.704. The maximum absolute atomic E-state index is 6.27. The largest absolute Gasteiger partial charge is 0.496 e. The minimum absolute atomic E-state index is 0.416. The zero-order valence-corrected chi connectivity index (χ0v) is 13.0. The lowest BCUT2D eigenvalue weighted by atomic mass is 9.89. The van der Waals surface area contributed by atoms with Crippen LogP contribution < -0.4 is 4.74 Å². The predicted molar refractivity (Wildman–Crippen MR) is 79.3 cm³/mol. The van der Waals surface area contributed by atoms with Crippen molar-refractivity contribution in [1.29, 1.82) is 0 Å². The van der Waals surface area contributed by atoms with E-state index in [1.54, 1.807) is 7.11 Å². The van der Waals surface area contributed by atoms with E-state index >= 15 is 0 Å². The molecule has 0 saturated carbocycles. The summed E-state index contributed by atoms with van der Waals surface area (Å²) in [6.07, 6.45) is 4.12. The van der Waals surface area contributed by atoms with E-state index in [2.05, 4.69) is 19.9 Å². The summed E-state index contributed by atoms with van der Waals surface area (Å²) in [5, 5.41) is 0.818. The summed E-state index contributed by atoms with van der Waals surface area (Å²) >= 11 is 6.27. The standard InChI is InChI=1S/C16H23ClO2/c1-5-11(8-16-14(6-2)19-16)12-9-13(17)10(3)7-15(12)18-4/h7,9,11,14,16H,5-6,8H2,1-4H3. The van der Waals surface area contributed by atoms with Gasteiger partial charge in [-0.2, -0.15) is 0 Å². The van der Waals surface area contributed by atoms with Gasteiger partial charge in [-0.25, -0.2) is 0 Å². The van der Waals surface area contributed by atoms with Crippen LogP contribution in [-0.4, -0.2) is 19.3 Å². The maximum atomic E-state index is 6.27. The Kier molecular flexibility index (Phi) is 4.75. The molecule has 3 heteroatoms. The minimum atomic E-state index is 0.416. The third kappa shape index (κ3) is 3.24. The van der Waals surface area contributed by atoms with E-state index in [1.807, 2.05) is 13.0 Å². The summed E-state index contributed by atoms with van der Waals surface area (Å²) < 4.78 is 11.2. The number of methoxy groups -OCH3 is 1. The number of benzene rings is 1. The van der Waals surface area contributed by atoms with Gasteiger partial charge in [-0.15, -0.1) is 0 Å². The van der Waals surface area contributed by atoms with Gasteiger partial charge in [-0.3, -0.25) is 0 Å². The smallest absolute Gasteiger partial charge is 0.122 e. The van der Waals surface area contributed by atoms with Crippen LogP contribution in [-0.2, 0) is 4.74 Å². The summed E-state index contributed by atoms with van der Waals surface area (Å²) in [5.41, 5.74) is 2.28. The molecule has 0 amide bonds. The molecule has 1 fully saturated rings. The molecular weight excluding hydrogens is 260 g/mol. The van der Waals surface area contributed by atoms with E-state index in [4.69, 9.17) is 21.1 Å². The first kappa shape index (κ1) is 14.7. The second-order valence-corrected chi connectivity index (χ2v) is 5.71. The van der Waals surface area contributed by atoms with Gasteiger partial charge >= 0.3 is 0 Å². The van der Waals surface area contributed by atoms with Crippen LogP contribution in [0.2, 0.25) is 5.02 Å². The topological polar surface area (TPSA) is 21.8 Å². The van der Waals surface area contributed by atoms with Gasteiger partial charge in [0.15, 0.2) is 0 Å². The Hall–Kier alpha value is -0.730. The number of rotatable bonds is 6. The van der Waals surface area contributed by atoms with Crippen molar-refractivity contribution in [2.75, 3.05) is 7.11 Å². The van der Waals surface area contributed by atoms with Crippen LogP contribution in [0.1, 0.15) is 50.2 Å². The molecule has 0 spiro atoms. The highest BCUT2D eigenvalue weighted by atomic mass is 35.5. The molecule has 3 atom stereocenters. The number of hydrogen-bond acceptors (Lipinski definition) is 2. The average Bonchev–Trinajstić information content (AvgIpc) is 3.17. The molecule has 1 saturated heterocycles. The van der Waals surface area contributed by atoms with Gasteiger partial charge in [0.1, 0.15) is 5.75 Å². The monoisotopic (exact) mass is 282 g/mol. The first-order valence-corrected chi connectivity index (χ1v) is 7.47. The second kappa shape index (κ2) is 6.15. The number of ether oxygens (including phenoxy) is 2. The molecule has 0 aromatic heterocycles. The molecule has 106 valence electrons. The Bertz CT molecular complexity index is 445. The lowest BCUT2D eigenvalue weighted by molar-refractivity contribution is 0.345. The Morgan fingerprint density at radius 1 is 1.32 bits per heavy atom. The Morgan fingerprint density at radius 3 is 2.58 bits per heavy atom. The van der Waals surface area contributed by atoms with Crippen molar-refractivity contribution in [3.63, 3.8) is 0 Å². The Balaban J connectivity index is 2.19. The van der Waals surface area contributed by atoms with E-state index in [1.165, 1.54) is 5.56 Å². The molecule has 0 bridgehead atoms. The number of halogens is 1. The molecule has 1 aromatic rings. The van der Waals surface area contributed by atoms with Crippen LogP contribution in [0.25, 0.3) is 0 Å². The molecule has 19 heavy (non-hydrogen) atoms. The fraction of sp³-hybridized carbons (Fsp3) is 0.625. The van der Waals surface area contributed by atoms with Crippen LogP contribution in [0.15, 0.2) is 12.1 Å². The Labute approximate surface area is 121 Å². The van der Waals surface area contributed by atoms with Crippen LogP contribution in [0, 0.1) is 6.92 Å². The van der Waals surface area contributed by atoms with E-state index < -0.39 is 0 Å². The van der Waals surface area contributed by atoms with Crippen molar-refractivity contribution in [3.8, 4) is 5.75 Å². The summed E-state index contributed by atoms with van der Waals surface area (Å²) in [6.45, 7) is 6.39. The van der Waals surface area contributed by atoms with Gasteiger partial charge < -0.3 is 9.47 Å². The van der Waals surface area contributed by atoms with Gasteiger partial charge in [-0.1, -0.05) is 25.4 Å². The van der Waals surface area contributed by atoms with Gasteiger partial charge in [0.25, 0.3) is 0 Å². The van der Waals surface area contributed by atoms with E-state index in [0.29, 0.717) is 18.1 Å². The molecule has 0 N–H and O–H groups in total. The van der Waals surface area contributed by atoms with E-state index in [9.17, 15) is 0 Å². The third-order valence-corrected chi connectivity index (χ3v) is 4.46. The molecule has 2 rings (SSSR count). The van der Waals surface area contributed by atoms with Crippen molar-refractivity contribution < 1.29 is 9.47 Å². The number of aryl methyl sites for hydroxylation is 1. The molecule has 1 heterocycles. The van der Waals surface area contributed by atoms with Crippen molar-refractivity contribution >= 4 is 11.6 Å². The molecule has 1 aromatic carbocycles. The third-order valence-electron chi connectivity index (χ3n) is 4.05. The van der Waals surface area contributed by atoms with Gasteiger partial charge in [0, 0.05) is 5.02 Å². The SMILES string of the molecule is CCC(CC1OC1CC)c1cc(Cl)c(C)cc1OC. The van der Waals surface area contributed by atoms with Gasteiger partial charge in [-0.05, 0) is 55.4 Å². The highest BCUT2D eigenvalue weighted by molar-refractivity contribution is 6.31. The van der Waals surface area contributed by atoms with Gasteiger partial charge in [0.2, 0.25) is 0 Å². The molecule has 0 radical (unpaired) electrons. The molecule has 3 unspecified atom stereocenters. The van der Waals surface area contributed by atoms with Gasteiger partial charge in [0.05, 0.1) is 19.3 Å². The van der Waals surface area contributed by atoms with E-state index in [0.717, 1.165) is 35.6 Å². The molecule has 0 aliphatic carbocycles. The summed E-state index contributed by atoms with van der Waals surface area (Å²) in [4.78, 5) is 0. The van der Waals surface area contributed by atoms with Crippen molar-refractivity contribution in [2.45, 2.75) is 58.2 Å². The maximum Gasteiger partial charge on any atom is 0.122 e.